The number of rotatable bonds is 4. The van der Waals surface area contributed by atoms with E-state index < -0.39 is 9.84 Å². The van der Waals surface area contributed by atoms with Gasteiger partial charge in [0.1, 0.15) is 13.2 Å². The van der Waals surface area contributed by atoms with E-state index in [0.29, 0.717) is 48.3 Å². The lowest BCUT2D eigenvalue weighted by Gasteiger charge is -2.27. The lowest BCUT2D eigenvalue weighted by atomic mass is 10.1. The summed E-state index contributed by atoms with van der Waals surface area (Å²) in [6.07, 6.45) is 0.608. The molecular weight excluding hydrogens is 354 g/mol. The van der Waals surface area contributed by atoms with E-state index in [1.807, 2.05) is 6.92 Å². The van der Waals surface area contributed by atoms with Crippen LogP contribution in [0.3, 0.4) is 0 Å². The summed E-state index contributed by atoms with van der Waals surface area (Å²) in [7, 11) is -3.03. The van der Waals surface area contributed by atoms with Crippen molar-refractivity contribution in [1.82, 2.24) is 4.90 Å². The van der Waals surface area contributed by atoms with Crippen LogP contribution in [0.2, 0.25) is 5.02 Å². The number of sulfone groups is 1. The zero-order valence-electron chi connectivity index (χ0n) is 13.5. The first kappa shape index (κ1) is 17.4. The third kappa shape index (κ3) is 3.62. The van der Waals surface area contributed by atoms with Crippen molar-refractivity contribution >= 4 is 27.3 Å². The number of likely N-dealkylation sites (N-methyl/N-ethyl adjacent to an activating group) is 1. The van der Waals surface area contributed by atoms with E-state index in [9.17, 15) is 13.2 Å². The van der Waals surface area contributed by atoms with E-state index in [-0.39, 0.29) is 29.9 Å². The van der Waals surface area contributed by atoms with Crippen molar-refractivity contribution in [2.24, 2.45) is 0 Å². The lowest BCUT2D eigenvalue weighted by Crippen LogP contribution is -2.41. The minimum Gasteiger partial charge on any atom is -0.486 e. The van der Waals surface area contributed by atoms with Crippen LogP contribution < -0.4 is 9.47 Å². The molecule has 0 N–H and O–H groups in total. The first-order valence-corrected chi connectivity index (χ1v) is 10.2. The number of carbonyl (C=O) groups is 1. The Balaban J connectivity index is 1.76. The predicted molar refractivity (Wildman–Crippen MR) is 90.6 cm³/mol. The van der Waals surface area contributed by atoms with Crippen molar-refractivity contribution in [2.75, 3.05) is 31.3 Å². The fraction of sp³-hybridized carbons (Fsp3) is 0.562. The van der Waals surface area contributed by atoms with Crippen LogP contribution in [0.1, 0.15) is 18.9 Å². The van der Waals surface area contributed by atoms with Crippen LogP contribution in [0.5, 0.6) is 11.5 Å². The van der Waals surface area contributed by atoms with Gasteiger partial charge in [0.2, 0.25) is 5.91 Å². The molecule has 3 rings (SSSR count). The van der Waals surface area contributed by atoms with Gasteiger partial charge < -0.3 is 14.4 Å². The highest BCUT2D eigenvalue weighted by molar-refractivity contribution is 7.91. The SMILES string of the molecule is CCN(C(=O)Cc1cc2c(cc1Cl)OCCO2)[C@H]1CCS(=O)(=O)C1. The van der Waals surface area contributed by atoms with Gasteiger partial charge in [0.05, 0.1) is 17.9 Å². The summed E-state index contributed by atoms with van der Waals surface area (Å²) in [6.45, 7) is 3.26. The highest BCUT2D eigenvalue weighted by Gasteiger charge is 2.34. The van der Waals surface area contributed by atoms with Crippen LogP contribution in [0.4, 0.5) is 0 Å². The maximum absolute atomic E-state index is 12.7. The fourth-order valence-corrected chi connectivity index (χ4v) is 5.12. The molecule has 1 aromatic rings. The molecule has 8 heteroatoms. The zero-order chi connectivity index (χ0) is 17.3. The Labute approximate surface area is 146 Å². The van der Waals surface area contributed by atoms with Gasteiger partial charge in [-0.1, -0.05) is 11.6 Å². The standard InChI is InChI=1S/C16H20ClNO5S/c1-2-18(12-3-6-24(20,21)10-12)16(19)8-11-7-14-15(9-13(11)17)23-5-4-22-14/h7,9,12H,2-6,8,10H2,1H3/t12-/m0/s1. The molecule has 2 aliphatic heterocycles. The number of carbonyl (C=O) groups excluding carboxylic acids is 1. The lowest BCUT2D eigenvalue weighted by molar-refractivity contribution is -0.132. The molecule has 1 atom stereocenters. The zero-order valence-corrected chi connectivity index (χ0v) is 15.0. The van der Waals surface area contributed by atoms with Crippen LogP contribution in [0.15, 0.2) is 12.1 Å². The molecule has 0 saturated carbocycles. The van der Waals surface area contributed by atoms with Gasteiger partial charge in [-0.25, -0.2) is 8.42 Å². The van der Waals surface area contributed by atoms with E-state index in [1.165, 1.54) is 0 Å². The quantitative estimate of drug-likeness (QED) is 0.803. The summed E-state index contributed by atoms with van der Waals surface area (Å²) in [5.74, 6) is 1.23. The van der Waals surface area contributed by atoms with Crippen molar-refractivity contribution in [2.45, 2.75) is 25.8 Å². The van der Waals surface area contributed by atoms with E-state index in [2.05, 4.69) is 0 Å². The Hall–Kier alpha value is -1.47. The van der Waals surface area contributed by atoms with E-state index >= 15 is 0 Å². The summed E-state index contributed by atoms with van der Waals surface area (Å²) >= 11 is 6.26. The highest BCUT2D eigenvalue weighted by atomic mass is 35.5. The minimum atomic E-state index is -3.03. The Kier molecular flexibility index (Phi) is 4.92. The number of hydrogen-bond donors (Lipinski definition) is 0. The second-order valence-electron chi connectivity index (χ2n) is 6.00. The van der Waals surface area contributed by atoms with Gasteiger partial charge >= 0.3 is 0 Å². The van der Waals surface area contributed by atoms with E-state index in [4.69, 9.17) is 21.1 Å². The third-order valence-electron chi connectivity index (χ3n) is 4.36. The largest absolute Gasteiger partial charge is 0.486 e. The molecule has 1 aromatic carbocycles. The number of halogens is 1. The summed E-state index contributed by atoms with van der Waals surface area (Å²) in [5, 5.41) is 0.447. The van der Waals surface area contributed by atoms with E-state index in [1.54, 1.807) is 17.0 Å². The van der Waals surface area contributed by atoms with Gasteiger partial charge in [0.25, 0.3) is 0 Å². The number of fused-ring (bicyclic) bond motifs is 1. The first-order valence-electron chi connectivity index (χ1n) is 7.97. The third-order valence-corrected chi connectivity index (χ3v) is 6.47. The Bertz CT molecular complexity index is 749. The predicted octanol–water partition coefficient (Wildman–Crippen LogP) is 1.69. The van der Waals surface area contributed by atoms with Crippen molar-refractivity contribution < 1.29 is 22.7 Å². The number of nitrogens with zero attached hydrogens (tertiary/aromatic N) is 1. The smallest absolute Gasteiger partial charge is 0.227 e. The molecule has 2 heterocycles. The molecule has 0 radical (unpaired) electrons. The summed E-state index contributed by atoms with van der Waals surface area (Å²) in [6, 6.07) is 3.15. The van der Waals surface area contributed by atoms with Crippen LogP contribution in [0, 0.1) is 0 Å². The second kappa shape index (κ2) is 6.80. The van der Waals surface area contributed by atoms with Gasteiger partial charge in [0, 0.05) is 23.7 Å². The highest BCUT2D eigenvalue weighted by Crippen LogP contribution is 2.35. The molecule has 24 heavy (non-hydrogen) atoms. The monoisotopic (exact) mass is 373 g/mol. The molecule has 1 saturated heterocycles. The van der Waals surface area contributed by atoms with Gasteiger partial charge in [-0.2, -0.15) is 0 Å². The number of ether oxygens (including phenoxy) is 2. The van der Waals surface area contributed by atoms with Crippen molar-refractivity contribution in [1.29, 1.82) is 0 Å². The minimum absolute atomic E-state index is 0.0431. The maximum Gasteiger partial charge on any atom is 0.227 e. The average Bonchev–Trinajstić information content (AvgIpc) is 2.88. The van der Waals surface area contributed by atoms with Crippen LogP contribution >= 0.6 is 11.6 Å². The topological polar surface area (TPSA) is 72.9 Å². The van der Waals surface area contributed by atoms with Gasteiger partial charge in [0.15, 0.2) is 21.3 Å². The van der Waals surface area contributed by atoms with Crippen molar-refractivity contribution in [3.63, 3.8) is 0 Å². The van der Waals surface area contributed by atoms with Crippen molar-refractivity contribution in [3.8, 4) is 11.5 Å². The summed E-state index contributed by atoms with van der Waals surface area (Å²) in [4.78, 5) is 14.3. The molecule has 1 fully saturated rings. The molecule has 0 bridgehead atoms. The number of hydrogen-bond acceptors (Lipinski definition) is 5. The molecular formula is C16H20ClNO5S. The Morgan fingerprint density at radius 2 is 1.96 bits per heavy atom. The average molecular weight is 374 g/mol. The van der Waals surface area contributed by atoms with Gasteiger partial charge in [-0.05, 0) is 25.0 Å². The molecule has 0 aliphatic carbocycles. The van der Waals surface area contributed by atoms with Crippen molar-refractivity contribution in [3.05, 3.63) is 22.7 Å². The van der Waals surface area contributed by atoms with Gasteiger partial charge in [-0.15, -0.1) is 0 Å². The first-order chi connectivity index (χ1) is 11.4. The number of amides is 1. The molecule has 0 aromatic heterocycles. The molecule has 2 aliphatic rings. The summed E-state index contributed by atoms with van der Waals surface area (Å²) < 4.78 is 34.3. The Morgan fingerprint density at radius 3 is 2.54 bits per heavy atom. The van der Waals surface area contributed by atoms with Crippen LogP contribution in [-0.4, -0.2) is 56.5 Å². The van der Waals surface area contributed by atoms with Gasteiger partial charge in [-0.3, -0.25) is 4.79 Å². The van der Waals surface area contributed by atoms with Crippen LogP contribution in [-0.2, 0) is 21.1 Å². The second-order valence-corrected chi connectivity index (χ2v) is 8.64. The number of benzene rings is 1. The molecule has 1 amide bonds. The molecule has 132 valence electrons. The van der Waals surface area contributed by atoms with E-state index in [0.717, 1.165) is 0 Å². The maximum atomic E-state index is 12.7. The Morgan fingerprint density at radius 1 is 1.29 bits per heavy atom. The summed E-state index contributed by atoms with van der Waals surface area (Å²) in [5.41, 5.74) is 0.658. The molecule has 0 unspecified atom stereocenters. The van der Waals surface area contributed by atoms with Crippen LogP contribution in [0.25, 0.3) is 0 Å². The normalized spacial score (nSPS) is 21.5. The fourth-order valence-electron chi connectivity index (χ4n) is 3.17. The molecule has 0 spiro atoms. The molecule has 6 nitrogen and oxygen atoms in total.